The molecular weight excluding hydrogens is 254 g/mol. The standard InChI is InChI=1S/C15H25N3O2/c1-15(2,16)10-14(19)17-11-12(13-6-5-9-20-13)18-7-3-4-8-18/h5-6,9,12H,3-4,7-8,10-11,16H2,1-2H3,(H,17,19). The SMILES string of the molecule is CC(C)(N)CC(=O)NCC(c1ccco1)N1CCCC1. The smallest absolute Gasteiger partial charge is 0.221 e. The molecule has 1 aromatic rings. The molecule has 5 nitrogen and oxygen atoms in total. The van der Waals surface area contributed by atoms with Crippen molar-refractivity contribution < 1.29 is 9.21 Å². The fraction of sp³-hybridized carbons (Fsp3) is 0.667. The summed E-state index contributed by atoms with van der Waals surface area (Å²) in [5, 5.41) is 2.98. The Kier molecular flexibility index (Phi) is 4.83. The van der Waals surface area contributed by atoms with E-state index in [1.54, 1.807) is 6.26 Å². The number of furan rings is 1. The maximum atomic E-state index is 11.9. The molecule has 112 valence electrons. The van der Waals surface area contributed by atoms with Gasteiger partial charge in [0.1, 0.15) is 5.76 Å². The van der Waals surface area contributed by atoms with Crippen LogP contribution in [0.1, 0.15) is 44.9 Å². The highest BCUT2D eigenvalue weighted by Gasteiger charge is 2.26. The number of carbonyl (C=O) groups excluding carboxylic acids is 1. The van der Waals surface area contributed by atoms with Crippen molar-refractivity contribution in [2.24, 2.45) is 5.73 Å². The van der Waals surface area contributed by atoms with Gasteiger partial charge >= 0.3 is 0 Å². The van der Waals surface area contributed by atoms with E-state index in [9.17, 15) is 4.79 Å². The summed E-state index contributed by atoms with van der Waals surface area (Å²) in [6, 6.07) is 3.99. The largest absolute Gasteiger partial charge is 0.468 e. The molecule has 1 aliphatic heterocycles. The minimum Gasteiger partial charge on any atom is -0.468 e. The van der Waals surface area contributed by atoms with E-state index in [0.29, 0.717) is 13.0 Å². The van der Waals surface area contributed by atoms with Crippen molar-refractivity contribution in [3.05, 3.63) is 24.2 Å². The van der Waals surface area contributed by atoms with Gasteiger partial charge in [0, 0.05) is 18.5 Å². The summed E-state index contributed by atoms with van der Waals surface area (Å²) in [7, 11) is 0. The molecule has 3 N–H and O–H groups in total. The molecule has 1 fully saturated rings. The minimum absolute atomic E-state index is 0.00625. The van der Waals surface area contributed by atoms with Crippen molar-refractivity contribution >= 4 is 5.91 Å². The van der Waals surface area contributed by atoms with E-state index in [0.717, 1.165) is 18.8 Å². The van der Waals surface area contributed by atoms with Gasteiger partial charge in [-0.05, 0) is 51.9 Å². The van der Waals surface area contributed by atoms with E-state index < -0.39 is 5.54 Å². The Bertz CT molecular complexity index is 417. The first-order valence-electron chi connectivity index (χ1n) is 7.29. The Hall–Kier alpha value is -1.33. The lowest BCUT2D eigenvalue weighted by atomic mass is 10.0. The molecule has 0 aromatic carbocycles. The van der Waals surface area contributed by atoms with Crippen molar-refractivity contribution in [1.82, 2.24) is 10.2 Å². The second-order valence-electron chi connectivity index (χ2n) is 6.24. The average molecular weight is 279 g/mol. The van der Waals surface area contributed by atoms with Gasteiger partial charge in [-0.15, -0.1) is 0 Å². The average Bonchev–Trinajstić information content (AvgIpc) is 2.98. The first-order valence-corrected chi connectivity index (χ1v) is 7.29. The molecule has 1 atom stereocenters. The summed E-state index contributed by atoms with van der Waals surface area (Å²) in [6.07, 6.45) is 4.43. The highest BCUT2D eigenvalue weighted by Crippen LogP contribution is 2.24. The molecule has 0 spiro atoms. The summed E-state index contributed by atoms with van der Waals surface area (Å²) >= 11 is 0. The van der Waals surface area contributed by atoms with Crippen LogP contribution in [0, 0.1) is 0 Å². The van der Waals surface area contributed by atoms with Gasteiger partial charge in [0.2, 0.25) is 5.91 Å². The summed E-state index contributed by atoms with van der Waals surface area (Å²) in [5.41, 5.74) is 5.40. The van der Waals surface area contributed by atoms with E-state index in [4.69, 9.17) is 10.2 Å². The molecule has 2 heterocycles. The molecule has 5 heteroatoms. The highest BCUT2D eigenvalue weighted by atomic mass is 16.3. The molecule has 1 aliphatic rings. The van der Waals surface area contributed by atoms with Gasteiger partial charge in [-0.25, -0.2) is 0 Å². The predicted molar refractivity (Wildman–Crippen MR) is 78.1 cm³/mol. The van der Waals surface area contributed by atoms with Gasteiger partial charge in [-0.1, -0.05) is 0 Å². The zero-order valence-corrected chi connectivity index (χ0v) is 12.4. The zero-order chi connectivity index (χ0) is 14.6. The van der Waals surface area contributed by atoms with Gasteiger partial charge < -0.3 is 15.5 Å². The lowest BCUT2D eigenvalue weighted by molar-refractivity contribution is -0.122. The number of rotatable bonds is 6. The fourth-order valence-electron chi connectivity index (χ4n) is 2.63. The van der Waals surface area contributed by atoms with Crippen LogP contribution in [0.5, 0.6) is 0 Å². The van der Waals surface area contributed by atoms with Gasteiger partial charge in [0.05, 0.1) is 12.3 Å². The quantitative estimate of drug-likeness (QED) is 0.831. The van der Waals surface area contributed by atoms with E-state index in [1.165, 1.54) is 12.8 Å². The van der Waals surface area contributed by atoms with Crippen LogP contribution in [-0.4, -0.2) is 36.0 Å². The number of likely N-dealkylation sites (tertiary alicyclic amines) is 1. The second-order valence-corrected chi connectivity index (χ2v) is 6.24. The van der Waals surface area contributed by atoms with Gasteiger partial charge in [0.15, 0.2) is 0 Å². The first-order chi connectivity index (χ1) is 9.46. The summed E-state index contributed by atoms with van der Waals surface area (Å²) in [4.78, 5) is 14.3. The lowest BCUT2D eigenvalue weighted by Crippen LogP contribution is -2.42. The maximum Gasteiger partial charge on any atom is 0.221 e. The molecule has 0 saturated carbocycles. The predicted octanol–water partition coefficient (Wildman–Crippen LogP) is 1.66. The van der Waals surface area contributed by atoms with Crippen molar-refractivity contribution in [3.63, 3.8) is 0 Å². The number of hydrogen-bond acceptors (Lipinski definition) is 4. The molecule has 0 bridgehead atoms. The highest BCUT2D eigenvalue weighted by molar-refractivity contribution is 5.77. The third-order valence-electron chi connectivity index (χ3n) is 3.56. The van der Waals surface area contributed by atoms with E-state index >= 15 is 0 Å². The van der Waals surface area contributed by atoms with E-state index in [-0.39, 0.29) is 11.9 Å². The Labute approximate surface area is 120 Å². The van der Waals surface area contributed by atoms with Crippen LogP contribution < -0.4 is 11.1 Å². The maximum absolute atomic E-state index is 11.9. The Morgan fingerprint density at radius 3 is 2.75 bits per heavy atom. The Balaban J connectivity index is 1.93. The van der Waals surface area contributed by atoms with Crippen LogP contribution in [0.15, 0.2) is 22.8 Å². The van der Waals surface area contributed by atoms with Crippen molar-refractivity contribution in [2.45, 2.75) is 44.7 Å². The minimum atomic E-state index is -0.474. The van der Waals surface area contributed by atoms with E-state index in [2.05, 4.69) is 10.2 Å². The normalized spacial score (nSPS) is 18.1. The zero-order valence-electron chi connectivity index (χ0n) is 12.4. The van der Waals surface area contributed by atoms with Crippen LogP contribution in [0.3, 0.4) is 0 Å². The summed E-state index contributed by atoms with van der Waals surface area (Å²) < 4.78 is 5.52. The number of nitrogens with two attached hydrogens (primary N) is 1. The summed E-state index contributed by atoms with van der Waals surface area (Å²) in [5.74, 6) is 0.910. The topological polar surface area (TPSA) is 71.5 Å². The number of nitrogens with zero attached hydrogens (tertiary/aromatic N) is 1. The molecule has 1 aromatic heterocycles. The Morgan fingerprint density at radius 2 is 2.20 bits per heavy atom. The van der Waals surface area contributed by atoms with Crippen molar-refractivity contribution in [2.75, 3.05) is 19.6 Å². The van der Waals surface area contributed by atoms with Crippen LogP contribution >= 0.6 is 0 Å². The molecule has 1 saturated heterocycles. The van der Waals surface area contributed by atoms with Crippen molar-refractivity contribution in [1.29, 1.82) is 0 Å². The molecule has 20 heavy (non-hydrogen) atoms. The molecule has 1 unspecified atom stereocenters. The van der Waals surface area contributed by atoms with E-state index in [1.807, 2.05) is 26.0 Å². The van der Waals surface area contributed by atoms with Crippen LogP contribution in [-0.2, 0) is 4.79 Å². The first kappa shape index (κ1) is 15.1. The fourth-order valence-corrected chi connectivity index (χ4v) is 2.63. The lowest BCUT2D eigenvalue weighted by Gasteiger charge is -2.26. The van der Waals surface area contributed by atoms with Crippen LogP contribution in [0.25, 0.3) is 0 Å². The van der Waals surface area contributed by atoms with Crippen LogP contribution in [0.4, 0.5) is 0 Å². The number of amides is 1. The Morgan fingerprint density at radius 1 is 1.50 bits per heavy atom. The third kappa shape index (κ3) is 4.35. The third-order valence-corrected chi connectivity index (χ3v) is 3.56. The van der Waals surface area contributed by atoms with Gasteiger partial charge in [-0.2, -0.15) is 0 Å². The van der Waals surface area contributed by atoms with Gasteiger partial charge in [0.25, 0.3) is 0 Å². The monoisotopic (exact) mass is 279 g/mol. The number of carbonyl (C=O) groups is 1. The molecular formula is C15H25N3O2. The summed E-state index contributed by atoms with van der Waals surface area (Å²) in [6.45, 7) is 6.41. The van der Waals surface area contributed by atoms with Crippen LogP contribution in [0.2, 0.25) is 0 Å². The molecule has 2 rings (SSSR count). The van der Waals surface area contributed by atoms with Crippen molar-refractivity contribution in [3.8, 4) is 0 Å². The number of hydrogen-bond donors (Lipinski definition) is 2. The molecule has 0 aliphatic carbocycles. The van der Waals surface area contributed by atoms with Gasteiger partial charge in [-0.3, -0.25) is 9.69 Å². The molecule has 1 amide bonds. The number of nitrogens with one attached hydrogen (secondary N) is 1. The second kappa shape index (κ2) is 6.41. The molecule has 0 radical (unpaired) electrons.